The Morgan fingerprint density at radius 1 is 1.07 bits per heavy atom. The van der Waals surface area contributed by atoms with Gasteiger partial charge < -0.3 is 15.5 Å². The van der Waals surface area contributed by atoms with E-state index >= 15 is 0 Å². The van der Waals surface area contributed by atoms with Gasteiger partial charge in [-0.05, 0) is 54.7 Å². The van der Waals surface area contributed by atoms with Crippen LogP contribution in [0.3, 0.4) is 0 Å². The van der Waals surface area contributed by atoms with Crippen LogP contribution in [-0.4, -0.2) is 54.6 Å². The van der Waals surface area contributed by atoms with Crippen LogP contribution < -0.4 is 15.5 Å². The monoisotopic (exact) mass is 409 g/mol. The van der Waals surface area contributed by atoms with E-state index in [0.29, 0.717) is 6.54 Å². The molecule has 0 bridgehead atoms. The SMILES string of the molecule is CCNC(=O)Nc1ccc(CCN2CCN(c3nsc4ccccc34)CC2)cc1. The molecule has 29 heavy (non-hydrogen) atoms. The first-order chi connectivity index (χ1) is 14.2. The Kier molecular flexibility index (Phi) is 6.27. The molecule has 2 aromatic carbocycles. The van der Waals surface area contributed by atoms with Gasteiger partial charge in [0.05, 0.1) is 4.70 Å². The Morgan fingerprint density at radius 3 is 2.59 bits per heavy atom. The number of nitrogens with zero attached hydrogens (tertiary/aromatic N) is 3. The summed E-state index contributed by atoms with van der Waals surface area (Å²) >= 11 is 1.59. The fourth-order valence-corrected chi connectivity index (χ4v) is 4.46. The van der Waals surface area contributed by atoms with Crippen molar-refractivity contribution in [2.75, 3.05) is 49.5 Å². The number of carbonyl (C=O) groups is 1. The molecule has 1 fully saturated rings. The highest BCUT2D eigenvalue weighted by Gasteiger charge is 2.20. The van der Waals surface area contributed by atoms with Gasteiger partial charge in [-0.2, -0.15) is 4.37 Å². The first kappa shape index (κ1) is 19.7. The number of hydrogen-bond donors (Lipinski definition) is 2. The van der Waals surface area contributed by atoms with Crippen LogP contribution in [0.4, 0.5) is 16.3 Å². The van der Waals surface area contributed by atoms with E-state index in [2.05, 4.69) is 56.8 Å². The van der Waals surface area contributed by atoms with E-state index in [1.807, 2.05) is 19.1 Å². The van der Waals surface area contributed by atoms with Gasteiger partial charge in [-0.15, -0.1) is 0 Å². The molecule has 0 aliphatic carbocycles. The number of nitrogens with one attached hydrogen (secondary N) is 2. The maximum atomic E-state index is 11.6. The molecule has 7 heteroatoms. The number of anilines is 2. The Balaban J connectivity index is 1.25. The molecule has 1 aromatic heterocycles. The minimum absolute atomic E-state index is 0.161. The lowest BCUT2D eigenvalue weighted by Gasteiger charge is -2.35. The molecule has 2 heterocycles. The topological polar surface area (TPSA) is 60.5 Å². The average Bonchev–Trinajstić information content (AvgIpc) is 3.18. The number of hydrogen-bond acceptors (Lipinski definition) is 5. The van der Waals surface area contributed by atoms with Gasteiger partial charge in [-0.1, -0.05) is 24.3 Å². The van der Waals surface area contributed by atoms with E-state index in [-0.39, 0.29) is 6.03 Å². The number of rotatable bonds is 6. The van der Waals surface area contributed by atoms with Crippen LogP contribution in [0.1, 0.15) is 12.5 Å². The molecule has 0 spiro atoms. The second kappa shape index (κ2) is 9.24. The minimum atomic E-state index is -0.161. The quantitative estimate of drug-likeness (QED) is 0.650. The van der Waals surface area contributed by atoms with E-state index in [9.17, 15) is 4.79 Å². The second-order valence-corrected chi connectivity index (χ2v) is 8.07. The predicted molar refractivity (Wildman–Crippen MR) is 121 cm³/mol. The van der Waals surface area contributed by atoms with Crippen molar-refractivity contribution in [2.24, 2.45) is 0 Å². The molecular formula is C22H27N5OS. The molecule has 0 unspecified atom stereocenters. The number of urea groups is 1. The number of carbonyl (C=O) groups excluding carboxylic acids is 1. The molecule has 1 aliphatic rings. The van der Waals surface area contributed by atoms with Gasteiger partial charge in [0, 0.05) is 50.3 Å². The Hall–Kier alpha value is -2.64. The third kappa shape index (κ3) is 4.86. The van der Waals surface area contributed by atoms with E-state index < -0.39 is 0 Å². The lowest BCUT2D eigenvalue weighted by molar-refractivity contribution is 0.252. The first-order valence-electron chi connectivity index (χ1n) is 10.2. The summed E-state index contributed by atoms with van der Waals surface area (Å²) in [6.45, 7) is 7.73. The van der Waals surface area contributed by atoms with E-state index in [0.717, 1.165) is 50.6 Å². The van der Waals surface area contributed by atoms with Gasteiger partial charge >= 0.3 is 6.03 Å². The Bertz CT molecular complexity index is 947. The van der Waals surface area contributed by atoms with Crippen molar-refractivity contribution in [3.05, 3.63) is 54.1 Å². The summed E-state index contributed by atoms with van der Waals surface area (Å²) in [6.07, 6.45) is 1.01. The number of fused-ring (bicyclic) bond motifs is 1. The molecule has 6 nitrogen and oxygen atoms in total. The predicted octanol–water partition coefficient (Wildman–Crippen LogP) is 3.80. The highest BCUT2D eigenvalue weighted by Crippen LogP contribution is 2.29. The van der Waals surface area contributed by atoms with Gasteiger partial charge in [0.15, 0.2) is 0 Å². The summed E-state index contributed by atoms with van der Waals surface area (Å²) in [7, 11) is 0. The summed E-state index contributed by atoms with van der Waals surface area (Å²) in [5, 5.41) is 6.84. The van der Waals surface area contributed by atoms with E-state index in [1.54, 1.807) is 11.5 Å². The summed E-state index contributed by atoms with van der Waals surface area (Å²) in [6, 6.07) is 16.4. The van der Waals surface area contributed by atoms with Crippen LogP contribution in [0.25, 0.3) is 10.1 Å². The molecule has 1 aliphatic heterocycles. The van der Waals surface area contributed by atoms with Crippen molar-refractivity contribution in [1.82, 2.24) is 14.6 Å². The van der Waals surface area contributed by atoms with Crippen molar-refractivity contribution in [3.63, 3.8) is 0 Å². The summed E-state index contributed by atoms with van der Waals surface area (Å²) < 4.78 is 5.95. The molecule has 2 N–H and O–H groups in total. The lowest BCUT2D eigenvalue weighted by atomic mass is 10.1. The second-order valence-electron chi connectivity index (χ2n) is 7.26. The number of benzene rings is 2. The van der Waals surface area contributed by atoms with Crippen LogP contribution >= 0.6 is 11.5 Å². The Morgan fingerprint density at radius 2 is 1.83 bits per heavy atom. The molecular weight excluding hydrogens is 382 g/mol. The highest BCUT2D eigenvalue weighted by atomic mass is 32.1. The molecule has 0 atom stereocenters. The first-order valence-corrected chi connectivity index (χ1v) is 11.0. The fourth-order valence-electron chi connectivity index (χ4n) is 3.66. The minimum Gasteiger partial charge on any atom is -0.353 e. The number of amides is 2. The van der Waals surface area contributed by atoms with E-state index in [1.165, 1.54) is 15.6 Å². The third-order valence-corrected chi connectivity index (χ3v) is 6.11. The lowest BCUT2D eigenvalue weighted by Crippen LogP contribution is -2.47. The standard InChI is InChI=1S/C22H27N5OS/c1-2-23-22(28)24-18-9-7-17(8-10-18)11-12-26-13-15-27(16-14-26)21-19-5-3-4-6-20(19)29-25-21/h3-10H,2,11-16H2,1H3,(H2,23,24,28). The van der Waals surface area contributed by atoms with Crippen molar-refractivity contribution >= 4 is 39.2 Å². The molecule has 2 amide bonds. The van der Waals surface area contributed by atoms with Gasteiger partial charge in [0.2, 0.25) is 0 Å². The van der Waals surface area contributed by atoms with Crippen LogP contribution in [0.5, 0.6) is 0 Å². The molecule has 0 saturated carbocycles. The fraction of sp³-hybridized carbons (Fsp3) is 0.364. The summed E-state index contributed by atoms with van der Waals surface area (Å²) in [4.78, 5) is 16.5. The third-order valence-electron chi connectivity index (χ3n) is 5.30. The van der Waals surface area contributed by atoms with Crippen LogP contribution in [0.2, 0.25) is 0 Å². The molecule has 152 valence electrons. The normalized spacial score (nSPS) is 14.9. The van der Waals surface area contributed by atoms with Crippen molar-refractivity contribution in [2.45, 2.75) is 13.3 Å². The molecule has 0 radical (unpaired) electrons. The zero-order valence-corrected chi connectivity index (χ0v) is 17.5. The highest BCUT2D eigenvalue weighted by molar-refractivity contribution is 7.13. The van der Waals surface area contributed by atoms with Gasteiger partial charge in [-0.3, -0.25) is 4.90 Å². The maximum Gasteiger partial charge on any atom is 0.319 e. The van der Waals surface area contributed by atoms with Crippen molar-refractivity contribution in [1.29, 1.82) is 0 Å². The van der Waals surface area contributed by atoms with Crippen LogP contribution in [0.15, 0.2) is 48.5 Å². The average molecular weight is 410 g/mol. The van der Waals surface area contributed by atoms with Gasteiger partial charge in [-0.25, -0.2) is 4.79 Å². The number of piperazine rings is 1. The van der Waals surface area contributed by atoms with Crippen LogP contribution in [0, 0.1) is 0 Å². The molecule has 4 rings (SSSR count). The van der Waals surface area contributed by atoms with Gasteiger partial charge in [0.25, 0.3) is 0 Å². The van der Waals surface area contributed by atoms with E-state index in [4.69, 9.17) is 4.37 Å². The van der Waals surface area contributed by atoms with Crippen molar-refractivity contribution in [3.8, 4) is 0 Å². The largest absolute Gasteiger partial charge is 0.353 e. The smallest absolute Gasteiger partial charge is 0.319 e. The molecule has 3 aromatic rings. The zero-order chi connectivity index (χ0) is 20.1. The van der Waals surface area contributed by atoms with Crippen molar-refractivity contribution < 1.29 is 4.79 Å². The van der Waals surface area contributed by atoms with Gasteiger partial charge in [0.1, 0.15) is 5.82 Å². The van der Waals surface area contributed by atoms with Crippen LogP contribution in [-0.2, 0) is 6.42 Å². The maximum absolute atomic E-state index is 11.6. The zero-order valence-electron chi connectivity index (χ0n) is 16.7. The molecule has 1 saturated heterocycles. The summed E-state index contributed by atoms with van der Waals surface area (Å²) in [5.74, 6) is 1.14. The Labute approximate surface area is 175 Å². The number of aromatic nitrogens is 1. The summed E-state index contributed by atoms with van der Waals surface area (Å²) in [5.41, 5.74) is 2.11.